The number of unbranched alkanes of at least 4 members (excludes halogenated alkanes) is 9. The first-order chi connectivity index (χ1) is 26.6. The highest BCUT2D eigenvalue weighted by Crippen LogP contribution is 2.43. The Balaban J connectivity index is 2.34. The summed E-state index contributed by atoms with van der Waals surface area (Å²) in [6, 6.07) is -1.53. The molecule has 13 heteroatoms. The molecule has 0 spiro atoms. The number of esters is 2. The van der Waals surface area contributed by atoms with Crippen LogP contribution in [0.2, 0.25) is 0 Å². The number of carboxylic acids is 1. The van der Waals surface area contributed by atoms with Crippen LogP contribution in [0.15, 0.2) is 60.8 Å². The summed E-state index contributed by atoms with van der Waals surface area (Å²) >= 11 is 0. The molecular formula is C42H70NO11P. The van der Waals surface area contributed by atoms with Gasteiger partial charge in [0.1, 0.15) is 12.6 Å². The topological polar surface area (TPSA) is 184 Å². The molecule has 1 aliphatic heterocycles. The van der Waals surface area contributed by atoms with Crippen molar-refractivity contribution in [2.45, 2.75) is 167 Å². The SMILES string of the molecule is CC/C=C\C/C=C\C/C=C\C/C=C\CCCCC(=O)OC[C@H](COP(=O)(O)OC[C@H](N)C(=O)O)OC(=O)CCCCCCC/C=C\CC1OC1CCCCC. The Kier molecular flexibility index (Phi) is 30.4. The van der Waals surface area contributed by atoms with E-state index in [9.17, 15) is 23.8 Å². The van der Waals surface area contributed by atoms with E-state index in [2.05, 4.69) is 79.1 Å². The third-order valence-electron chi connectivity index (χ3n) is 8.67. The fraction of sp³-hybridized carbons (Fsp3) is 0.690. The lowest BCUT2D eigenvalue weighted by atomic mass is 10.1. The maximum Gasteiger partial charge on any atom is 0.472 e. The van der Waals surface area contributed by atoms with Crippen molar-refractivity contribution in [3.8, 4) is 0 Å². The van der Waals surface area contributed by atoms with Crippen molar-refractivity contribution in [2.24, 2.45) is 5.73 Å². The number of carboxylic acid groups (broad SMARTS) is 1. The molecule has 0 amide bonds. The normalized spacial score (nSPS) is 18.1. The van der Waals surface area contributed by atoms with E-state index in [1.165, 1.54) is 25.7 Å². The molecule has 1 aliphatic rings. The summed E-state index contributed by atoms with van der Waals surface area (Å²) in [5, 5.41) is 8.88. The number of aliphatic carboxylic acids is 1. The van der Waals surface area contributed by atoms with Gasteiger partial charge in [-0.1, -0.05) is 113 Å². The Labute approximate surface area is 330 Å². The van der Waals surface area contributed by atoms with Crippen LogP contribution in [0.5, 0.6) is 0 Å². The second-order valence-electron chi connectivity index (χ2n) is 13.8. The van der Waals surface area contributed by atoms with Gasteiger partial charge in [0.05, 0.1) is 25.4 Å². The summed E-state index contributed by atoms with van der Waals surface area (Å²) in [5.74, 6) is -2.47. The van der Waals surface area contributed by atoms with Gasteiger partial charge in [0.2, 0.25) is 0 Å². The molecule has 1 fully saturated rings. The van der Waals surface area contributed by atoms with Crippen LogP contribution in [-0.4, -0.2) is 72.1 Å². The molecule has 4 N–H and O–H groups in total. The van der Waals surface area contributed by atoms with Crippen molar-refractivity contribution in [1.29, 1.82) is 0 Å². The summed E-state index contributed by atoms with van der Waals surface area (Å²) in [5.41, 5.74) is 5.32. The molecule has 3 unspecified atom stereocenters. The maximum atomic E-state index is 12.6. The van der Waals surface area contributed by atoms with E-state index in [0.29, 0.717) is 25.0 Å². The van der Waals surface area contributed by atoms with E-state index in [4.69, 9.17) is 29.6 Å². The van der Waals surface area contributed by atoms with Crippen LogP contribution in [0.3, 0.4) is 0 Å². The van der Waals surface area contributed by atoms with E-state index in [1.807, 2.05) is 0 Å². The van der Waals surface area contributed by atoms with Gasteiger partial charge in [0.15, 0.2) is 6.10 Å². The van der Waals surface area contributed by atoms with Gasteiger partial charge in [-0.3, -0.25) is 23.4 Å². The first kappa shape index (κ1) is 50.2. The molecule has 0 aromatic heterocycles. The molecule has 1 heterocycles. The largest absolute Gasteiger partial charge is 0.480 e. The Bertz CT molecular complexity index is 1230. The molecule has 314 valence electrons. The molecule has 0 aromatic rings. The Morgan fingerprint density at radius 3 is 1.93 bits per heavy atom. The summed E-state index contributed by atoms with van der Waals surface area (Å²) in [4.78, 5) is 45.9. The predicted octanol–water partition coefficient (Wildman–Crippen LogP) is 9.38. The fourth-order valence-corrected chi connectivity index (χ4v) is 6.13. The molecule has 0 saturated carbocycles. The lowest BCUT2D eigenvalue weighted by molar-refractivity contribution is -0.161. The quantitative estimate of drug-likeness (QED) is 0.0180. The molecule has 55 heavy (non-hydrogen) atoms. The fourth-order valence-electron chi connectivity index (χ4n) is 5.35. The van der Waals surface area contributed by atoms with Gasteiger partial charge in [0, 0.05) is 12.8 Å². The lowest BCUT2D eigenvalue weighted by Gasteiger charge is -2.20. The minimum atomic E-state index is -4.73. The van der Waals surface area contributed by atoms with Gasteiger partial charge >= 0.3 is 25.7 Å². The number of carbonyl (C=O) groups excluding carboxylic acids is 2. The summed E-state index contributed by atoms with van der Waals surface area (Å²) in [6.45, 7) is 2.57. The summed E-state index contributed by atoms with van der Waals surface area (Å²) < 4.78 is 38.3. The van der Waals surface area contributed by atoms with Gasteiger partial charge in [-0.25, -0.2) is 4.57 Å². The van der Waals surface area contributed by atoms with Crippen molar-refractivity contribution in [3.63, 3.8) is 0 Å². The molecule has 12 nitrogen and oxygen atoms in total. The van der Waals surface area contributed by atoms with E-state index in [0.717, 1.165) is 77.0 Å². The number of epoxide rings is 1. The molecule has 0 aliphatic carbocycles. The van der Waals surface area contributed by atoms with Crippen LogP contribution in [0, 0.1) is 0 Å². The number of allylic oxidation sites excluding steroid dienone is 9. The molecule has 5 atom stereocenters. The minimum Gasteiger partial charge on any atom is -0.480 e. The number of carbonyl (C=O) groups is 3. The smallest absolute Gasteiger partial charge is 0.472 e. The maximum absolute atomic E-state index is 12.6. The number of hydrogen-bond acceptors (Lipinski definition) is 10. The molecule has 1 rings (SSSR count). The minimum absolute atomic E-state index is 0.128. The number of rotatable bonds is 36. The second-order valence-corrected chi connectivity index (χ2v) is 15.2. The Morgan fingerprint density at radius 2 is 1.25 bits per heavy atom. The van der Waals surface area contributed by atoms with Crippen molar-refractivity contribution >= 4 is 25.7 Å². The molecule has 0 radical (unpaired) electrons. The summed E-state index contributed by atoms with van der Waals surface area (Å²) in [6.07, 6.45) is 38.9. The van der Waals surface area contributed by atoms with E-state index in [1.54, 1.807) is 0 Å². The summed E-state index contributed by atoms with van der Waals surface area (Å²) in [7, 11) is -4.73. The van der Waals surface area contributed by atoms with Crippen LogP contribution in [0.4, 0.5) is 0 Å². The number of nitrogens with two attached hydrogens (primary N) is 1. The molecular weight excluding hydrogens is 725 g/mol. The van der Waals surface area contributed by atoms with Gasteiger partial charge in [0.25, 0.3) is 0 Å². The van der Waals surface area contributed by atoms with Crippen molar-refractivity contribution in [1.82, 2.24) is 0 Å². The van der Waals surface area contributed by atoms with Crippen LogP contribution >= 0.6 is 7.82 Å². The number of ether oxygens (including phenoxy) is 3. The van der Waals surface area contributed by atoms with E-state index >= 15 is 0 Å². The van der Waals surface area contributed by atoms with Gasteiger partial charge in [-0.15, -0.1) is 0 Å². The van der Waals surface area contributed by atoms with Crippen LogP contribution < -0.4 is 5.73 Å². The third kappa shape index (κ3) is 31.0. The Morgan fingerprint density at radius 1 is 0.691 bits per heavy atom. The number of phosphoric acid groups is 1. The average molecular weight is 796 g/mol. The zero-order chi connectivity index (χ0) is 40.4. The van der Waals surface area contributed by atoms with Crippen LogP contribution in [0.25, 0.3) is 0 Å². The molecule has 1 saturated heterocycles. The van der Waals surface area contributed by atoms with E-state index in [-0.39, 0.29) is 19.4 Å². The standard InChI is InChI=1S/C42H70NO11P/c1-3-5-7-8-9-10-11-12-13-14-15-16-20-23-27-31-40(44)50-33-36(34-51-55(48,49)52-35-37(43)42(46)47)53-41(45)32-28-24-21-18-17-19-22-26-30-39-38(54-39)29-25-6-4-2/h5,7,9-10,12-13,15-16,22,26,36-39H,3-4,6,8,11,14,17-21,23-25,27-35,43H2,1-2H3,(H,46,47)(H,48,49)/b7-5-,10-9-,13-12-,16-15-,26-22-/t36-,37+,38?,39?/m1/s1. The third-order valence-corrected chi connectivity index (χ3v) is 9.62. The number of phosphoric ester groups is 1. The van der Waals surface area contributed by atoms with Crippen LogP contribution in [-0.2, 0) is 42.2 Å². The van der Waals surface area contributed by atoms with E-state index < -0.39 is 51.1 Å². The highest BCUT2D eigenvalue weighted by atomic mass is 31.2. The zero-order valence-electron chi connectivity index (χ0n) is 33.4. The van der Waals surface area contributed by atoms with Gasteiger partial charge in [-0.2, -0.15) is 0 Å². The zero-order valence-corrected chi connectivity index (χ0v) is 34.3. The Hall–Kier alpha value is -2.86. The van der Waals surface area contributed by atoms with Gasteiger partial charge in [-0.05, 0) is 77.0 Å². The second kappa shape index (κ2) is 33.3. The monoisotopic (exact) mass is 795 g/mol. The highest BCUT2D eigenvalue weighted by molar-refractivity contribution is 7.47. The van der Waals surface area contributed by atoms with Gasteiger partial charge < -0.3 is 29.9 Å². The molecule has 0 bridgehead atoms. The highest BCUT2D eigenvalue weighted by Gasteiger charge is 2.36. The number of hydrogen-bond donors (Lipinski definition) is 3. The first-order valence-electron chi connectivity index (χ1n) is 20.4. The predicted molar refractivity (Wildman–Crippen MR) is 216 cm³/mol. The lowest BCUT2D eigenvalue weighted by Crippen LogP contribution is -2.34. The first-order valence-corrected chi connectivity index (χ1v) is 21.9. The van der Waals surface area contributed by atoms with Crippen molar-refractivity contribution < 1.29 is 52.2 Å². The average Bonchev–Trinajstić information content (AvgIpc) is 3.91. The molecule has 0 aromatic carbocycles. The van der Waals surface area contributed by atoms with Crippen LogP contribution in [0.1, 0.15) is 142 Å². The van der Waals surface area contributed by atoms with Crippen molar-refractivity contribution in [2.75, 3.05) is 19.8 Å². The van der Waals surface area contributed by atoms with Crippen molar-refractivity contribution in [3.05, 3.63) is 60.8 Å².